The third kappa shape index (κ3) is 1.33. The van der Waals surface area contributed by atoms with Gasteiger partial charge in [0.15, 0.2) is 0 Å². The maximum atomic E-state index is 13.0. The van der Waals surface area contributed by atoms with Gasteiger partial charge < -0.3 is 0 Å². The molecule has 2 amide bonds. The van der Waals surface area contributed by atoms with Crippen LogP contribution >= 0.6 is 0 Å². The Morgan fingerprint density at radius 3 is 2.14 bits per heavy atom. The molecule has 2 bridgehead atoms. The second-order valence-electron chi connectivity index (χ2n) is 7.39. The highest BCUT2D eigenvalue weighted by Crippen LogP contribution is 2.65. The lowest BCUT2D eigenvalue weighted by atomic mass is 9.63. The molecule has 0 spiro atoms. The van der Waals surface area contributed by atoms with Crippen molar-refractivity contribution >= 4 is 17.5 Å². The Bertz CT molecular complexity index is 714. The van der Waals surface area contributed by atoms with Crippen molar-refractivity contribution in [2.75, 3.05) is 4.90 Å². The first-order chi connectivity index (χ1) is 10.6. The fraction of sp³-hybridized carbons (Fsp3) is 0.474. The summed E-state index contributed by atoms with van der Waals surface area (Å²) in [6.45, 7) is 4.02. The molecular formula is C19H19NO2. The number of nitrogens with zero attached hydrogens (tertiary/aromatic N) is 1. The average Bonchev–Trinajstić information content (AvgIpc) is 3.28. The smallest absolute Gasteiger partial charge is 0.238 e. The van der Waals surface area contributed by atoms with E-state index in [4.69, 9.17) is 0 Å². The average molecular weight is 293 g/mol. The Morgan fingerprint density at radius 2 is 1.55 bits per heavy atom. The van der Waals surface area contributed by atoms with Crippen LogP contribution in [0.5, 0.6) is 0 Å². The summed E-state index contributed by atoms with van der Waals surface area (Å²) >= 11 is 0. The van der Waals surface area contributed by atoms with E-state index >= 15 is 0 Å². The first-order valence-electron chi connectivity index (χ1n) is 8.22. The quantitative estimate of drug-likeness (QED) is 0.590. The van der Waals surface area contributed by atoms with Crippen LogP contribution in [0, 0.1) is 49.4 Å². The molecule has 6 atom stereocenters. The van der Waals surface area contributed by atoms with Crippen molar-refractivity contribution in [2.45, 2.75) is 20.3 Å². The van der Waals surface area contributed by atoms with Crippen LogP contribution < -0.4 is 4.90 Å². The zero-order valence-corrected chi connectivity index (χ0v) is 12.8. The van der Waals surface area contributed by atoms with E-state index in [2.05, 4.69) is 12.2 Å². The van der Waals surface area contributed by atoms with Crippen molar-refractivity contribution in [3.8, 4) is 0 Å². The van der Waals surface area contributed by atoms with Gasteiger partial charge in [-0.3, -0.25) is 9.59 Å². The van der Waals surface area contributed by atoms with Crippen LogP contribution in [0.15, 0.2) is 30.4 Å². The fourth-order valence-electron chi connectivity index (χ4n) is 5.17. The van der Waals surface area contributed by atoms with Gasteiger partial charge in [0.05, 0.1) is 17.5 Å². The molecule has 3 fully saturated rings. The number of allylic oxidation sites excluding steroid dienone is 2. The molecule has 0 aromatic heterocycles. The summed E-state index contributed by atoms with van der Waals surface area (Å²) in [5.41, 5.74) is 2.95. The third-order valence-electron chi connectivity index (χ3n) is 6.48. The van der Waals surface area contributed by atoms with E-state index in [0.29, 0.717) is 23.7 Å². The van der Waals surface area contributed by atoms with E-state index < -0.39 is 0 Å². The SMILES string of the molecule is Cc1cccc(N2C(=O)C3C4C=CC(C5CC45)C3C2=O)c1C. The van der Waals surface area contributed by atoms with Crippen molar-refractivity contribution in [1.29, 1.82) is 0 Å². The molecule has 22 heavy (non-hydrogen) atoms. The topological polar surface area (TPSA) is 37.4 Å². The van der Waals surface area contributed by atoms with Gasteiger partial charge in [0.2, 0.25) is 11.8 Å². The minimum Gasteiger partial charge on any atom is -0.274 e. The zero-order valence-electron chi connectivity index (χ0n) is 12.8. The van der Waals surface area contributed by atoms with Crippen LogP contribution in [-0.2, 0) is 9.59 Å². The number of hydrogen-bond acceptors (Lipinski definition) is 2. The standard InChI is InChI=1S/C19H19NO2/c1-9-4-3-5-15(10(9)2)20-18(21)16-11-6-7-12(14-8-13(11)14)17(16)19(20)22/h3-7,11-14,16-17H,8H2,1-2H3. The summed E-state index contributed by atoms with van der Waals surface area (Å²) in [5.74, 6) is 1.77. The number of anilines is 1. The predicted molar refractivity (Wildman–Crippen MR) is 83.1 cm³/mol. The fourth-order valence-corrected chi connectivity index (χ4v) is 5.17. The molecule has 0 radical (unpaired) electrons. The molecule has 5 aliphatic rings. The molecule has 1 aliphatic heterocycles. The maximum absolute atomic E-state index is 13.0. The molecular weight excluding hydrogens is 274 g/mol. The number of carbonyl (C=O) groups excluding carboxylic acids is 2. The minimum atomic E-state index is -0.105. The zero-order chi connectivity index (χ0) is 15.2. The monoisotopic (exact) mass is 293 g/mol. The van der Waals surface area contributed by atoms with Crippen molar-refractivity contribution in [2.24, 2.45) is 35.5 Å². The van der Waals surface area contributed by atoms with Crippen LogP contribution in [-0.4, -0.2) is 11.8 Å². The van der Waals surface area contributed by atoms with Crippen LogP contribution in [0.25, 0.3) is 0 Å². The molecule has 3 nitrogen and oxygen atoms in total. The predicted octanol–water partition coefficient (Wildman–Crippen LogP) is 2.86. The highest BCUT2D eigenvalue weighted by Gasteiger charge is 2.67. The molecule has 2 saturated carbocycles. The summed E-state index contributed by atoms with van der Waals surface area (Å²) in [7, 11) is 0. The second-order valence-corrected chi connectivity index (χ2v) is 7.39. The molecule has 6 rings (SSSR count). The van der Waals surface area contributed by atoms with Gasteiger partial charge in [-0.15, -0.1) is 0 Å². The lowest BCUT2D eigenvalue weighted by Gasteiger charge is -2.37. The summed E-state index contributed by atoms with van der Waals surface area (Å²) in [6.07, 6.45) is 5.65. The number of hydrogen-bond donors (Lipinski definition) is 0. The van der Waals surface area contributed by atoms with E-state index in [0.717, 1.165) is 16.8 Å². The molecule has 4 aliphatic carbocycles. The lowest BCUT2D eigenvalue weighted by Crippen LogP contribution is -2.40. The highest BCUT2D eigenvalue weighted by molar-refractivity contribution is 6.23. The number of rotatable bonds is 1. The first kappa shape index (κ1) is 12.6. The molecule has 3 heteroatoms. The second kappa shape index (κ2) is 3.89. The van der Waals surface area contributed by atoms with Gasteiger partial charge in [-0.1, -0.05) is 24.3 Å². The number of carbonyl (C=O) groups is 2. The van der Waals surface area contributed by atoms with E-state index in [9.17, 15) is 9.59 Å². The van der Waals surface area contributed by atoms with E-state index in [1.54, 1.807) is 0 Å². The van der Waals surface area contributed by atoms with E-state index in [1.165, 1.54) is 11.3 Å². The van der Waals surface area contributed by atoms with Gasteiger partial charge in [0.1, 0.15) is 0 Å². The largest absolute Gasteiger partial charge is 0.274 e. The van der Waals surface area contributed by atoms with Crippen LogP contribution in [0.1, 0.15) is 17.5 Å². The molecule has 112 valence electrons. The Morgan fingerprint density at radius 1 is 0.955 bits per heavy atom. The molecule has 1 aromatic rings. The molecule has 0 N–H and O–H groups in total. The van der Waals surface area contributed by atoms with Gasteiger partial charge in [-0.05, 0) is 61.1 Å². The Kier molecular flexibility index (Phi) is 2.23. The summed E-state index contributed by atoms with van der Waals surface area (Å²) in [5, 5.41) is 0. The highest BCUT2D eigenvalue weighted by atomic mass is 16.2. The number of amides is 2. The first-order valence-corrected chi connectivity index (χ1v) is 8.22. The summed E-state index contributed by atoms with van der Waals surface area (Å²) in [6, 6.07) is 5.87. The Labute approximate surface area is 130 Å². The summed E-state index contributed by atoms with van der Waals surface area (Å²) < 4.78 is 0. The van der Waals surface area contributed by atoms with Crippen molar-refractivity contribution in [1.82, 2.24) is 0 Å². The van der Waals surface area contributed by atoms with E-state index in [1.807, 2.05) is 32.0 Å². The van der Waals surface area contributed by atoms with Crippen LogP contribution in [0.4, 0.5) is 5.69 Å². The van der Waals surface area contributed by atoms with Crippen molar-refractivity contribution in [3.63, 3.8) is 0 Å². The molecule has 6 unspecified atom stereocenters. The lowest BCUT2D eigenvalue weighted by molar-refractivity contribution is -0.124. The third-order valence-corrected chi connectivity index (χ3v) is 6.48. The van der Waals surface area contributed by atoms with Gasteiger partial charge in [0.25, 0.3) is 0 Å². The van der Waals surface area contributed by atoms with E-state index in [-0.39, 0.29) is 23.7 Å². The van der Waals surface area contributed by atoms with Crippen LogP contribution in [0.3, 0.4) is 0 Å². The Balaban J connectivity index is 1.62. The Hall–Kier alpha value is -1.90. The number of imide groups is 1. The van der Waals surface area contributed by atoms with Crippen molar-refractivity contribution < 1.29 is 9.59 Å². The van der Waals surface area contributed by atoms with Gasteiger partial charge in [-0.2, -0.15) is 0 Å². The minimum absolute atomic E-state index is 0.0356. The molecule has 1 aromatic carbocycles. The number of aryl methyl sites for hydroxylation is 1. The number of benzene rings is 1. The maximum Gasteiger partial charge on any atom is 0.238 e. The van der Waals surface area contributed by atoms with Crippen LogP contribution in [0.2, 0.25) is 0 Å². The summed E-state index contributed by atoms with van der Waals surface area (Å²) in [4.78, 5) is 27.6. The van der Waals surface area contributed by atoms with Gasteiger partial charge in [0, 0.05) is 0 Å². The normalized spacial score (nSPS) is 40.9. The molecule has 1 heterocycles. The van der Waals surface area contributed by atoms with Gasteiger partial charge >= 0.3 is 0 Å². The van der Waals surface area contributed by atoms with Crippen molar-refractivity contribution in [3.05, 3.63) is 41.5 Å². The van der Waals surface area contributed by atoms with Gasteiger partial charge in [-0.25, -0.2) is 4.90 Å². The molecule has 1 saturated heterocycles.